The van der Waals surface area contributed by atoms with Crippen LogP contribution in [0.4, 0.5) is 5.69 Å². The molecule has 0 saturated carbocycles. The summed E-state index contributed by atoms with van der Waals surface area (Å²) in [5, 5.41) is 5.73. The largest absolute Gasteiger partial charge is 0.278 e. The van der Waals surface area contributed by atoms with Gasteiger partial charge in [-0.2, -0.15) is 5.10 Å². The second-order valence-corrected chi connectivity index (χ2v) is 8.32. The van der Waals surface area contributed by atoms with Gasteiger partial charge >= 0.3 is 0 Å². The number of pyridine rings is 1. The van der Waals surface area contributed by atoms with Gasteiger partial charge in [0.15, 0.2) is 0 Å². The predicted molar refractivity (Wildman–Crippen MR) is 105 cm³/mol. The molecule has 0 aliphatic carbocycles. The zero-order valence-corrected chi connectivity index (χ0v) is 15.9. The van der Waals surface area contributed by atoms with Gasteiger partial charge in [0.2, 0.25) is 0 Å². The van der Waals surface area contributed by atoms with E-state index >= 15 is 0 Å². The monoisotopic (exact) mass is 400 g/mol. The second-order valence-electron chi connectivity index (χ2n) is 5.46. The molecule has 27 heavy (non-hydrogen) atoms. The van der Waals surface area contributed by atoms with E-state index in [9.17, 15) is 13.2 Å². The Balaban J connectivity index is 1.80. The van der Waals surface area contributed by atoms with Crippen molar-refractivity contribution in [1.29, 1.82) is 0 Å². The number of benzene rings is 1. The summed E-state index contributed by atoms with van der Waals surface area (Å²) in [7, 11) is -3.76. The van der Waals surface area contributed by atoms with Crippen LogP contribution in [0.1, 0.15) is 22.8 Å². The molecule has 2 aromatic heterocycles. The minimum Gasteiger partial charge on any atom is -0.278 e. The van der Waals surface area contributed by atoms with Crippen LogP contribution >= 0.6 is 11.3 Å². The lowest BCUT2D eigenvalue weighted by Gasteiger charge is -2.11. The first-order valence-electron chi connectivity index (χ1n) is 7.88. The standard InChI is InChI=1S/C18H16N4O3S2/c1-13(14-6-4-10-19-12-14)20-21-18(23)15-7-2-3-8-16(15)22-27(24,25)17-9-5-11-26-17/h2-12,22H,1H3,(H,21,23)/b20-13-. The second kappa shape index (κ2) is 8.11. The average molecular weight is 400 g/mol. The number of carbonyl (C=O) groups is 1. The summed E-state index contributed by atoms with van der Waals surface area (Å²) < 4.78 is 27.5. The van der Waals surface area contributed by atoms with Crippen molar-refractivity contribution in [2.45, 2.75) is 11.1 Å². The molecule has 0 bridgehead atoms. The van der Waals surface area contributed by atoms with Gasteiger partial charge in [-0.1, -0.05) is 24.3 Å². The summed E-state index contributed by atoms with van der Waals surface area (Å²) in [5.74, 6) is -0.525. The van der Waals surface area contributed by atoms with E-state index in [1.54, 1.807) is 49.0 Å². The summed E-state index contributed by atoms with van der Waals surface area (Å²) >= 11 is 1.10. The van der Waals surface area contributed by atoms with Gasteiger partial charge in [0, 0.05) is 18.0 Å². The molecule has 0 atom stereocenters. The lowest BCUT2D eigenvalue weighted by molar-refractivity contribution is 0.0955. The summed E-state index contributed by atoms with van der Waals surface area (Å²) in [4.78, 5) is 16.5. The highest BCUT2D eigenvalue weighted by Gasteiger charge is 2.19. The molecule has 3 aromatic rings. The fourth-order valence-electron chi connectivity index (χ4n) is 2.22. The van der Waals surface area contributed by atoms with Gasteiger partial charge in [-0.3, -0.25) is 14.5 Å². The number of rotatable bonds is 6. The van der Waals surface area contributed by atoms with Crippen molar-refractivity contribution in [3.8, 4) is 0 Å². The molecule has 1 amide bonds. The van der Waals surface area contributed by atoms with Crippen LogP contribution in [-0.2, 0) is 10.0 Å². The number of nitrogens with zero attached hydrogens (tertiary/aromatic N) is 2. The molecule has 0 radical (unpaired) electrons. The molecule has 0 aliphatic rings. The Kier molecular flexibility index (Phi) is 5.63. The Morgan fingerprint density at radius 1 is 1.11 bits per heavy atom. The van der Waals surface area contributed by atoms with Crippen molar-refractivity contribution in [2.75, 3.05) is 4.72 Å². The fourth-order valence-corrected chi connectivity index (χ4v) is 4.29. The molecule has 2 N–H and O–H groups in total. The minimum atomic E-state index is -3.76. The van der Waals surface area contributed by atoms with Crippen molar-refractivity contribution >= 4 is 38.7 Å². The van der Waals surface area contributed by atoms with E-state index in [4.69, 9.17) is 0 Å². The Labute approximate surface area is 160 Å². The van der Waals surface area contributed by atoms with Crippen molar-refractivity contribution in [3.63, 3.8) is 0 Å². The summed E-state index contributed by atoms with van der Waals surface area (Å²) in [6.07, 6.45) is 3.28. The lowest BCUT2D eigenvalue weighted by atomic mass is 10.2. The highest BCUT2D eigenvalue weighted by atomic mass is 32.2. The number of carbonyl (C=O) groups excluding carboxylic acids is 1. The zero-order chi connectivity index (χ0) is 19.3. The zero-order valence-electron chi connectivity index (χ0n) is 14.3. The van der Waals surface area contributed by atoms with E-state index in [-0.39, 0.29) is 15.5 Å². The quantitative estimate of drug-likeness (QED) is 0.490. The van der Waals surface area contributed by atoms with E-state index in [0.717, 1.165) is 16.9 Å². The summed E-state index contributed by atoms with van der Waals surface area (Å²) in [6.45, 7) is 1.74. The number of hydrogen-bond donors (Lipinski definition) is 2. The number of sulfonamides is 1. The van der Waals surface area contributed by atoms with Crippen LogP contribution in [0.25, 0.3) is 0 Å². The van der Waals surface area contributed by atoms with Crippen LogP contribution < -0.4 is 10.1 Å². The summed E-state index contributed by atoms with van der Waals surface area (Å²) in [6, 6.07) is 13.1. The average Bonchev–Trinajstić information content (AvgIpc) is 3.22. The summed E-state index contributed by atoms with van der Waals surface area (Å²) in [5.41, 5.74) is 4.14. The third kappa shape index (κ3) is 4.57. The minimum absolute atomic E-state index is 0.167. The smallest absolute Gasteiger partial charge is 0.273 e. The van der Waals surface area contributed by atoms with Crippen LogP contribution in [0, 0.1) is 0 Å². The lowest BCUT2D eigenvalue weighted by Crippen LogP contribution is -2.22. The molecule has 2 heterocycles. The SMILES string of the molecule is C/C(=N/NC(=O)c1ccccc1NS(=O)(=O)c1cccs1)c1cccnc1. The number of nitrogens with one attached hydrogen (secondary N) is 2. The van der Waals surface area contributed by atoms with E-state index < -0.39 is 15.9 Å². The molecule has 1 aromatic carbocycles. The molecule has 138 valence electrons. The highest BCUT2D eigenvalue weighted by Crippen LogP contribution is 2.22. The van der Waals surface area contributed by atoms with Crippen molar-refractivity contribution in [3.05, 3.63) is 77.4 Å². The van der Waals surface area contributed by atoms with Crippen LogP contribution in [-0.4, -0.2) is 25.0 Å². The molecule has 0 aliphatic heterocycles. The third-order valence-electron chi connectivity index (χ3n) is 3.58. The van der Waals surface area contributed by atoms with Crippen LogP contribution in [0.15, 0.2) is 75.6 Å². The van der Waals surface area contributed by atoms with E-state index in [1.807, 2.05) is 6.07 Å². The maximum absolute atomic E-state index is 12.5. The molecule has 9 heteroatoms. The molecule has 7 nitrogen and oxygen atoms in total. The van der Waals surface area contributed by atoms with Crippen LogP contribution in [0.2, 0.25) is 0 Å². The molecule has 0 saturated heterocycles. The van der Waals surface area contributed by atoms with E-state index in [2.05, 4.69) is 20.2 Å². The number of aromatic nitrogens is 1. The Morgan fingerprint density at radius 2 is 1.93 bits per heavy atom. The molecule has 0 fully saturated rings. The van der Waals surface area contributed by atoms with Gasteiger partial charge in [-0.25, -0.2) is 13.8 Å². The van der Waals surface area contributed by atoms with E-state index in [0.29, 0.717) is 5.71 Å². The molecular weight excluding hydrogens is 384 g/mol. The Bertz CT molecular complexity index is 1060. The molecule has 3 rings (SSSR count). The van der Waals surface area contributed by atoms with Crippen molar-refractivity contribution in [1.82, 2.24) is 10.4 Å². The van der Waals surface area contributed by atoms with Gasteiger partial charge < -0.3 is 0 Å². The third-order valence-corrected chi connectivity index (χ3v) is 6.34. The van der Waals surface area contributed by atoms with Crippen LogP contribution in [0.5, 0.6) is 0 Å². The number of thiophene rings is 1. The predicted octanol–water partition coefficient (Wildman–Crippen LogP) is 3.10. The maximum Gasteiger partial charge on any atom is 0.273 e. The van der Waals surface area contributed by atoms with Gasteiger partial charge in [0.1, 0.15) is 4.21 Å². The highest BCUT2D eigenvalue weighted by molar-refractivity contribution is 7.94. The fraction of sp³-hybridized carbons (Fsp3) is 0.0556. The normalized spacial score (nSPS) is 11.8. The number of anilines is 1. The van der Waals surface area contributed by atoms with E-state index in [1.165, 1.54) is 18.2 Å². The molecule has 0 spiro atoms. The number of para-hydroxylation sites is 1. The first kappa shape index (κ1) is 18.7. The van der Waals surface area contributed by atoms with Gasteiger partial charge in [0.05, 0.1) is 17.0 Å². The number of hydrogen-bond acceptors (Lipinski definition) is 6. The van der Waals surface area contributed by atoms with Gasteiger partial charge in [-0.05, 0) is 36.6 Å². The topological polar surface area (TPSA) is 101 Å². The van der Waals surface area contributed by atoms with Crippen molar-refractivity contribution < 1.29 is 13.2 Å². The Hall–Kier alpha value is -3.04. The van der Waals surface area contributed by atoms with Crippen molar-refractivity contribution in [2.24, 2.45) is 5.10 Å². The van der Waals surface area contributed by atoms with Gasteiger partial charge in [-0.15, -0.1) is 11.3 Å². The van der Waals surface area contributed by atoms with Gasteiger partial charge in [0.25, 0.3) is 15.9 Å². The molecular formula is C18H16N4O3S2. The van der Waals surface area contributed by atoms with Crippen LogP contribution in [0.3, 0.4) is 0 Å². The number of hydrazone groups is 1. The first-order valence-corrected chi connectivity index (χ1v) is 10.2. The number of amides is 1. The first-order chi connectivity index (χ1) is 13.0. The Morgan fingerprint density at radius 3 is 2.63 bits per heavy atom. The molecule has 0 unspecified atom stereocenters. The maximum atomic E-state index is 12.5.